The number of nitrogens with one attached hydrogen (secondary N) is 1. The summed E-state index contributed by atoms with van der Waals surface area (Å²) in [5.74, 6) is 0.407. The van der Waals surface area contributed by atoms with Crippen LogP contribution in [0.3, 0.4) is 0 Å². The van der Waals surface area contributed by atoms with E-state index in [2.05, 4.69) is 20.3 Å². The van der Waals surface area contributed by atoms with Crippen LogP contribution in [0.15, 0.2) is 24.3 Å². The van der Waals surface area contributed by atoms with Crippen LogP contribution in [-0.4, -0.2) is 61.8 Å². The molecule has 2 aliphatic rings. The Kier molecular flexibility index (Phi) is 5.03. The predicted octanol–water partition coefficient (Wildman–Crippen LogP) is 2.48. The van der Waals surface area contributed by atoms with Crippen molar-refractivity contribution in [2.45, 2.75) is 31.1 Å². The number of nitrogens with zero attached hydrogens (tertiary/aromatic N) is 4. The monoisotopic (exact) mass is 447 g/mol. The van der Waals surface area contributed by atoms with Crippen LogP contribution in [0.1, 0.15) is 19.3 Å². The van der Waals surface area contributed by atoms with Gasteiger partial charge in [-0.05, 0) is 31.4 Å². The normalized spacial score (nSPS) is 26.2. The van der Waals surface area contributed by atoms with E-state index in [1.807, 2.05) is 29.2 Å². The molecule has 4 N–H and O–H groups in total. The third-order valence-electron chi connectivity index (χ3n) is 5.90. The van der Waals surface area contributed by atoms with E-state index < -0.39 is 17.7 Å². The average molecular weight is 448 g/mol. The third-order valence-corrected chi connectivity index (χ3v) is 7.23. The number of fused-ring (bicyclic) bond motifs is 1. The molecule has 1 saturated carbocycles. The fourth-order valence-electron chi connectivity index (χ4n) is 3.97. The second-order valence-electron chi connectivity index (χ2n) is 7.84. The molecule has 2 fully saturated rings. The number of aromatic nitrogens is 3. The standard InChI is InChI=1S/C20H22ClN5O3S/c21-16-14(18-22-12-4-1-2-5-13(12)30-18)17(24-19(23-16)26-8-3-9-26)25-20(29)7-6-11(10-27)15(20)28/h1-2,4-5,11,15,27-29H,3,6-10H2,(H,23,24,25). The molecule has 0 spiro atoms. The highest BCUT2D eigenvalue weighted by atomic mass is 35.5. The number of benzene rings is 1. The maximum Gasteiger partial charge on any atom is 0.228 e. The van der Waals surface area contributed by atoms with Crippen LogP contribution >= 0.6 is 22.9 Å². The van der Waals surface area contributed by atoms with E-state index in [-0.39, 0.29) is 18.2 Å². The number of rotatable bonds is 5. The van der Waals surface area contributed by atoms with Gasteiger partial charge in [0.2, 0.25) is 5.95 Å². The van der Waals surface area contributed by atoms with Crippen LogP contribution in [0, 0.1) is 5.92 Å². The van der Waals surface area contributed by atoms with Gasteiger partial charge in [0.1, 0.15) is 22.1 Å². The molecule has 1 aliphatic heterocycles. The zero-order valence-electron chi connectivity index (χ0n) is 16.1. The van der Waals surface area contributed by atoms with Gasteiger partial charge < -0.3 is 25.5 Å². The molecule has 10 heteroatoms. The lowest BCUT2D eigenvalue weighted by molar-refractivity contribution is -0.0545. The average Bonchev–Trinajstić information content (AvgIpc) is 3.21. The van der Waals surface area contributed by atoms with Crippen molar-refractivity contribution in [1.29, 1.82) is 0 Å². The second-order valence-corrected chi connectivity index (χ2v) is 9.23. The summed E-state index contributed by atoms with van der Waals surface area (Å²) >= 11 is 8.07. The van der Waals surface area contributed by atoms with Gasteiger partial charge in [-0.25, -0.2) is 9.97 Å². The van der Waals surface area contributed by atoms with E-state index in [1.165, 1.54) is 11.3 Å². The molecule has 0 radical (unpaired) electrons. The SMILES string of the molecule is OCC1CCC(O)(Nc2nc(N3CCC3)nc(Cl)c2-c2nc3ccccc3s2)C1O. The molecule has 3 heterocycles. The Morgan fingerprint density at radius 3 is 2.70 bits per heavy atom. The molecule has 2 aromatic heterocycles. The molecule has 3 aromatic rings. The Morgan fingerprint density at radius 1 is 1.23 bits per heavy atom. The van der Waals surface area contributed by atoms with Crippen LogP contribution in [0.25, 0.3) is 20.8 Å². The van der Waals surface area contributed by atoms with Gasteiger partial charge in [-0.3, -0.25) is 0 Å². The predicted molar refractivity (Wildman–Crippen MR) is 117 cm³/mol. The van der Waals surface area contributed by atoms with Crippen LogP contribution in [0.4, 0.5) is 11.8 Å². The van der Waals surface area contributed by atoms with Crippen molar-refractivity contribution in [1.82, 2.24) is 15.0 Å². The van der Waals surface area contributed by atoms with Crippen LogP contribution in [-0.2, 0) is 0 Å². The molecule has 3 unspecified atom stereocenters. The number of anilines is 2. The fraction of sp³-hybridized carbons (Fsp3) is 0.450. The quantitative estimate of drug-likeness (QED) is 0.348. The number of thiazole rings is 1. The van der Waals surface area contributed by atoms with Crippen molar-refractivity contribution in [3.05, 3.63) is 29.4 Å². The highest BCUT2D eigenvalue weighted by Gasteiger charge is 2.47. The molecule has 1 aliphatic carbocycles. The Bertz CT molecular complexity index is 1060. The van der Waals surface area contributed by atoms with Crippen molar-refractivity contribution in [2.24, 2.45) is 5.92 Å². The zero-order valence-corrected chi connectivity index (χ0v) is 17.7. The summed E-state index contributed by atoms with van der Waals surface area (Å²) in [7, 11) is 0. The lowest BCUT2D eigenvalue weighted by Gasteiger charge is -2.33. The summed E-state index contributed by atoms with van der Waals surface area (Å²) in [6, 6.07) is 7.77. The topological polar surface area (TPSA) is 115 Å². The maximum atomic E-state index is 11.1. The summed E-state index contributed by atoms with van der Waals surface area (Å²) in [4.78, 5) is 15.8. The van der Waals surface area contributed by atoms with Crippen molar-refractivity contribution < 1.29 is 15.3 Å². The van der Waals surface area contributed by atoms with Gasteiger partial charge in [0.15, 0.2) is 5.72 Å². The highest BCUT2D eigenvalue weighted by molar-refractivity contribution is 7.21. The minimum Gasteiger partial charge on any atom is -0.396 e. The van der Waals surface area contributed by atoms with Crippen molar-refractivity contribution in [3.8, 4) is 10.6 Å². The minimum absolute atomic E-state index is 0.195. The number of hydrogen-bond donors (Lipinski definition) is 4. The van der Waals surface area contributed by atoms with Gasteiger partial charge in [-0.15, -0.1) is 11.3 Å². The van der Waals surface area contributed by atoms with Crippen molar-refractivity contribution >= 4 is 44.9 Å². The summed E-state index contributed by atoms with van der Waals surface area (Å²) in [6.07, 6.45) is 0.700. The Morgan fingerprint density at radius 2 is 2.03 bits per heavy atom. The highest BCUT2D eigenvalue weighted by Crippen LogP contribution is 2.42. The smallest absolute Gasteiger partial charge is 0.228 e. The lowest BCUT2D eigenvalue weighted by atomic mass is 10.0. The molecular weight excluding hydrogens is 426 g/mol. The fourth-order valence-corrected chi connectivity index (χ4v) is 5.30. The molecule has 30 heavy (non-hydrogen) atoms. The van der Waals surface area contributed by atoms with Crippen LogP contribution < -0.4 is 10.2 Å². The van der Waals surface area contributed by atoms with E-state index in [4.69, 9.17) is 11.6 Å². The third kappa shape index (κ3) is 3.30. The van der Waals surface area contributed by atoms with Gasteiger partial charge in [0, 0.05) is 25.6 Å². The van der Waals surface area contributed by atoms with Gasteiger partial charge in [0.25, 0.3) is 0 Å². The van der Waals surface area contributed by atoms with E-state index in [9.17, 15) is 15.3 Å². The molecular formula is C20H22ClN5O3S. The number of halogens is 1. The number of hydrogen-bond acceptors (Lipinski definition) is 9. The van der Waals surface area contributed by atoms with Crippen LogP contribution in [0.2, 0.25) is 5.15 Å². The molecule has 8 nitrogen and oxygen atoms in total. The molecule has 0 amide bonds. The number of para-hydroxylation sites is 1. The molecule has 158 valence electrons. The molecule has 3 atom stereocenters. The maximum absolute atomic E-state index is 11.1. The summed E-state index contributed by atoms with van der Waals surface area (Å²) in [6.45, 7) is 1.49. The van der Waals surface area contributed by atoms with E-state index in [1.54, 1.807) is 0 Å². The first-order chi connectivity index (χ1) is 14.5. The van der Waals surface area contributed by atoms with E-state index in [0.29, 0.717) is 28.8 Å². The Hall–Kier alpha value is -2.04. The van der Waals surface area contributed by atoms with Crippen molar-refractivity contribution in [3.63, 3.8) is 0 Å². The summed E-state index contributed by atoms with van der Waals surface area (Å²) < 4.78 is 1.00. The van der Waals surface area contributed by atoms with E-state index in [0.717, 1.165) is 29.7 Å². The first kappa shape index (κ1) is 19.9. The zero-order chi connectivity index (χ0) is 20.9. The first-order valence-electron chi connectivity index (χ1n) is 9.96. The second kappa shape index (κ2) is 7.58. The number of aliphatic hydroxyl groups excluding tert-OH is 2. The minimum atomic E-state index is -1.62. The first-order valence-corrected chi connectivity index (χ1v) is 11.2. The lowest BCUT2D eigenvalue weighted by Crippen LogP contribution is -2.48. The Balaban J connectivity index is 1.60. The van der Waals surface area contributed by atoms with Gasteiger partial charge in [-0.1, -0.05) is 23.7 Å². The van der Waals surface area contributed by atoms with Crippen molar-refractivity contribution in [2.75, 3.05) is 29.9 Å². The Labute approximate surface area is 182 Å². The molecule has 1 aromatic carbocycles. The molecule has 5 rings (SSSR count). The van der Waals surface area contributed by atoms with Crippen LogP contribution in [0.5, 0.6) is 0 Å². The largest absolute Gasteiger partial charge is 0.396 e. The summed E-state index contributed by atoms with van der Waals surface area (Å²) in [5, 5.41) is 35.1. The van der Waals surface area contributed by atoms with Gasteiger partial charge in [-0.2, -0.15) is 4.98 Å². The molecule has 0 bridgehead atoms. The summed E-state index contributed by atoms with van der Waals surface area (Å²) in [5.41, 5.74) is -0.288. The molecule has 1 saturated heterocycles. The van der Waals surface area contributed by atoms with Gasteiger partial charge >= 0.3 is 0 Å². The number of aliphatic hydroxyl groups is 3. The van der Waals surface area contributed by atoms with Gasteiger partial charge in [0.05, 0.1) is 15.8 Å². The van der Waals surface area contributed by atoms with E-state index >= 15 is 0 Å².